The summed E-state index contributed by atoms with van der Waals surface area (Å²) >= 11 is 1.43. The van der Waals surface area contributed by atoms with Crippen molar-refractivity contribution in [2.45, 2.75) is 23.6 Å². The summed E-state index contributed by atoms with van der Waals surface area (Å²) in [6.45, 7) is 3.55. The average molecular weight is 365 g/mol. The molecule has 0 fully saturated rings. The molecule has 1 aromatic heterocycles. The number of sulfonamides is 1. The first-order valence-electron chi connectivity index (χ1n) is 7.25. The van der Waals surface area contributed by atoms with Gasteiger partial charge in [0.2, 0.25) is 5.91 Å². The number of thioether (sulfide) groups is 1. The third-order valence-corrected chi connectivity index (χ3v) is 5.35. The van der Waals surface area contributed by atoms with Crippen molar-refractivity contribution in [1.82, 2.24) is 4.98 Å². The Morgan fingerprint density at radius 2 is 2.00 bits per heavy atom. The number of aromatic nitrogens is 1. The zero-order valence-electron chi connectivity index (χ0n) is 13.6. The Kier molecular flexibility index (Phi) is 5.84. The number of benzene rings is 1. The number of pyridine rings is 1. The molecule has 1 aromatic carbocycles. The van der Waals surface area contributed by atoms with Crippen LogP contribution < -0.4 is 10.0 Å². The van der Waals surface area contributed by atoms with Crippen LogP contribution in [-0.4, -0.2) is 25.6 Å². The van der Waals surface area contributed by atoms with Crippen LogP contribution in [0.5, 0.6) is 0 Å². The van der Waals surface area contributed by atoms with Crippen molar-refractivity contribution in [2.24, 2.45) is 5.92 Å². The van der Waals surface area contributed by atoms with Crippen molar-refractivity contribution in [3.05, 3.63) is 42.7 Å². The van der Waals surface area contributed by atoms with Crippen LogP contribution in [0.15, 0.2) is 52.5 Å². The average Bonchev–Trinajstić information content (AvgIpc) is 2.55. The quantitative estimate of drug-likeness (QED) is 0.768. The lowest BCUT2D eigenvalue weighted by Crippen LogP contribution is -2.19. The summed E-state index contributed by atoms with van der Waals surface area (Å²) in [5.74, 6) is -0.367. The van der Waals surface area contributed by atoms with Gasteiger partial charge in [-0.15, -0.1) is 11.8 Å². The minimum atomic E-state index is -3.77. The van der Waals surface area contributed by atoms with Crippen molar-refractivity contribution in [3.63, 3.8) is 0 Å². The molecule has 0 bridgehead atoms. The fourth-order valence-corrected chi connectivity index (χ4v) is 3.47. The molecule has 8 heteroatoms. The normalized spacial score (nSPS) is 11.3. The molecule has 0 aliphatic carbocycles. The van der Waals surface area contributed by atoms with Crippen LogP contribution in [-0.2, 0) is 14.8 Å². The smallest absolute Gasteiger partial charge is 0.262 e. The Morgan fingerprint density at radius 1 is 1.25 bits per heavy atom. The van der Waals surface area contributed by atoms with Crippen molar-refractivity contribution in [3.8, 4) is 0 Å². The molecule has 0 radical (unpaired) electrons. The topological polar surface area (TPSA) is 88.2 Å². The van der Waals surface area contributed by atoms with E-state index in [0.29, 0.717) is 11.4 Å². The first-order valence-corrected chi connectivity index (χ1v) is 9.96. The van der Waals surface area contributed by atoms with E-state index in [4.69, 9.17) is 0 Å². The van der Waals surface area contributed by atoms with Gasteiger partial charge in [-0.25, -0.2) is 8.42 Å². The summed E-state index contributed by atoms with van der Waals surface area (Å²) in [6, 6.07) is 7.91. The van der Waals surface area contributed by atoms with Crippen molar-refractivity contribution in [1.29, 1.82) is 0 Å². The van der Waals surface area contributed by atoms with E-state index in [1.165, 1.54) is 30.1 Å². The van der Waals surface area contributed by atoms with E-state index in [1.807, 2.05) is 6.26 Å². The van der Waals surface area contributed by atoms with E-state index in [2.05, 4.69) is 15.0 Å². The van der Waals surface area contributed by atoms with E-state index in [-0.39, 0.29) is 16.7 Å². The number of carbonyl (C=O) groups is 1. The zero-order chi connectivity index (χ0) is 17.7. The largest absolute Gasteiger partial charge is 0.325 e. The summed E-state index contributed by atoms with van der Waals surface area (Å²) in [4.78, 5) is 16.7. The number of hydrogen-bond donors (Lipinski definition) is 2. The van der Waals surface area contributed by atoms with Gasteiger partial charge in [-0.3, -0.25) is 14.5 Å². The second-order valence-electron chi connectivity index (χ2n) is 5.35. The van der Waals surface area contributed by atoms with E-state index in [9.17, 15) is 13.2 Å². The Balaban J connectivity index is 2.35. The van der Waals surface area contributed by atoms with Crippen molar-refractivity contribution < 1.29 is 13.2 Å². The summed E-state index contributed by atoms with van der Waals surface area (Å²) in [5.41, 5.74) is 0.856. The van der Waals surface area contributed by atoms with E-state index in [1.54, 1.807) is 38.2 Å². The molecular weight excluding hydrogens is 346 g/mol. The Labute approximate surface area is 146 Å². The number of carbonyl (C=O) groups excluding carboxylic acids is 1. The van der Waals surface area contributed by atoms with Gasteiger partial charge in [0.15, 0.2) is 0 Å². The van der Waals surface area contributed by atoms with Crippen LogP contribution in [0.2, 0.25) is 0 Å². The maximum Gasteiger partial charge on any atom is 0.262 e. The maximum absolute atomic E-state index is 12.5. The summed E-state index contributed by atoms with van der Waals surface area (Å²) in [7, 11) is -3.77. The molecule has 0 aliphatic rings. The molecular formula is C16H19N3O3S2. The van der Waals surface area contributed by atoms with E-state index < -0.39 is 10.0 Å². The predicted octanol–water partition coefficient (Wildman–Crippen LogP) is 3.20. The van der Waals surface area contributed by atoms with Gasteiger partial charge in [0.05, 0.1) is 22.5 Å². The SMILES string of the molecule is CSc1ccc(S(=O)(=O)Nc2cccnc2)cc1NC(=O)C(C)C. The minimum absolute atomic E-state index is 0.0724. The molecule has 0 saturated heterocycles. The van der Waals surface area contributed by atoms with Gasteiger partial charge in [0, 0.05) is 17.0 Å². The third kappa shape index (κ3) is 4.48. The molecule has 0 atom stereocenters. The van der Waals surface area contributed by atoms with Gasteiger partial charge in [-0.2, -0.15) is 0 Å². The summed E-state index contributed by atoms with van der Waals surface area (Å²) < 4.78 is 27.5. The van der Waals surface area contributed by atoms with Crippen LogP contribution in [0.3, 0.4) is 0 Å². The Bertz CT molecular complexity index is 822. The highest BCUT2D eigenvalue weighted by Crippen LogP contribution is 2.29. The van der Waals surface area contributed by atoms with Gasteiger partial charge >= 0.3 is 0 Å². The second-order valence-corrected chi connectivity index (χ2v) is 7.88. The van der Waals surface area contributed by atoms with E-state index in [0.717, 1.165) is 4.90 Å². The van der Waals surface area contributed by atoms with Gasteiger partial charge < -0.3 is 5.32 Å². The monoisotopic (exact) mass is 365 g/mol. The van der Waals surface area contributed by atoms with Crippen LogP contribution >= 0.6 is 11.8 Å². The molecule has 0 aliphatic heterocycles. The number of hydrogen-bond acceptors (Lipinski definition) is 5. The lowest BCUT2D eigenvalue weighted by atomic mass is 10.2. The van der Waals surface area contributed by atoms with Crippen molar-refractivity contribution in [2.75, 3.05) is 16.3 Å². The molecule has 2 N–H and O–H groups in total. The predicted molar refractivity (Wildman–Crippen MR) is 96.7 cm³/mol. The van der Waals surface area contributed by atoms with Crippen LogP contribution in [0.4, 0.5) is 11.4 Å². The lowest BCUT2D eigenvalue weighted by molar-refractivity contribution is -0.118. The first-order chi connectivity index (χ1) is 11.3. The Morgan fingerprint density at radius 3 is 2.58 bits per heavy atom. The van der Waals surface area contributed by atoms with Crippen LogP contribution in [0.25, 0.3) is 0 Å². The first kappa shape index (κ1) is 18.3. The lowest BCUT2D eigenvalue weighted by Gasteiger charge is -2.14. The molecule has 2 aromatic rings. The molecule has 24 heavy (non-hydrogen) atoms. The second kappa shape index (κ2) is 7.67. The fourth-order valence-electron chi connectivity index (χ4n) is 1.87. The van der Waals surface area contributed by atoms with Crippen molar-refractivity contribution >= 4 is 39.1 Å². The number of amides is 1. The fraction of sp³-hybridized carbons (Fsp3) is 0.250. The minimum Gasteiger partial charge on any atom is -0.325 e. The van der Waals surface area contributed by atoms with Gasteiger partial charge in [-0.1, -0.05) is 13.8 Å². The maximum atomic E-state index is 12.5. The highest BCUT2D eigenvalue weighted by Gasteiger charge is 2.18. The molecule has 1 heterocycles. The van der Waals surface area contributed by atoms with Crippen LogP contribution in [0.1, 0.15) is 13.8 Å². The summed E-state index contributed by atoms with van der Waals surface area (Å²) in [6.07, 6.45) is 4.85. The van der Waals surface area contributed by atoms with Gasteiger partial charge in [0.25, 0.3) is 10.0 Å². The van der Waals surface area contributed by atoms with Gasteiger partial charge in [0.1, 0.15) is 0 Å². The molecule has 0 unspecified atom stereocenters. The zero-order valence-corrected chi connectivity index (χ0v) is 15.2. The standard InChI is InChI=1S/C16H19N3O3S2/c1-11(2)16(20)18-14-9-13(6-7-15(14)23-3)24(21,22)19-12-5-4-8-17-10-12/h4-11,19H,1-3H3,(H,18,20). The molecule has 6 nitrogen and oxygen atoms in total. The molecule has 0 spiro atoms. The number of nitrogens with one attached hydrogen (secondary N) is 2. The van der Waals surface area contributed by atoms with Gasteiger partial charge in [-0.05, 0) is 36.6 Å². The third-order valence-electron chi connectivity index (χ3n) is 3.18. The van der Waals surface area contributed by atoms with E-state index >= 15 is 0 Å². The highest BCUT2D eigenvalue weighted by molar-refractivity contribution is 7.98. The summed E-state index contributed by atoms with van der Waals surface area (Å²) in [5, 5.41) is 2.77. The molecule has 2 rings (SSSR count). The number of rotatable bonds is 6. The Hall–Kier alpha value is -2.06. The molecule has 128 valence electrons. The number of anilines is 2. The highest BCUT2D eigenvalue weighted by atomic mass is 32.2. The molecule has 1 amide bonds. The molecule has 0 saturated carbocycles. The van der Waals surface area contributed by atoms with Crippen LogP contribution in [0, 0.1) is 5.92 Å². The number of nitrogens with zero attached hydrogens (tertiary/aromatic N) is 1.